The van der Waals surface area contributed by atoms with Gasteiger partial charge in [0.15, 0.2) is 0 Å². The van der Waals surface area contributed by atoms with Crippen molar-refractivity contribution in [1.29, 1.82) is 0 Å². The topological polar surface area (TPSA) is 25.8 Å². The van der Waals surface area contributed by atoms with E-state index in [1.165, 1.54) is 17.7 Å². The zero-order chi connectivity index (χ0) is 12.1. The first-order chi connectivity index (χ1) is 8.83. The maximum atomic E-state index is 6.36. The predicted molar refractivity (Wildman–Crippen MR) is 77.7 cm³/mol. The molecule has 0 bridgehead atoms. The van der Waals surface area contributed by atoms with Gasteiger partial charge in [-0.15, -0.1) is 22.7 Å². The van der Waals surface area contributed by atoms with Crippen molar-refractivity contribution in [2.24, 2.45) is 0 Å². The summed E-state index contributed by atoms with van der Waals surface area (Å²) in [6.45, 7) is 0. The maximum Gasteiger partial charge on any atom is 0.142 e. The summed E-state index contributed by atoms with van der Waals surface area (Å²) >= 11 is 9.73. The van der Waals surface area contributed by atoms with Gasteiger partial charge in [-0.3, -0.25) is 0 Å². The number of rotatable bonds is 2. The SMILES string of the molecule is Clc1nc(C2CC2)nc2scc(-c3cccs3)c12. The van der Waals surface area contributed by atoms with E-state index in [0.717, 1.165) is 21.6 Å². The molecule has 0 aliphatic heterocycles. The first kappa shape index (κ1) is 10.9. The van der Waals surface area contributed by atoms with E-state index < -0.39 is 0 Å². The third-order valence-corrected chi connectivity index (χ3v) is 5.18. The van der Waals surface area contributed by atoms with Crippen molar-refractivity contribution in [2.45, 2.75) is 18.8 Å². The van der Waals surface area contributed by atoms with Gasteiger partial charge in [-0.1, -0.05) is 17.7 Å². The van der Waals surface area contributed by atoms with Crippen LogP contribution in [0.4, 0.5) is 0 Å². The maximum absolute atomic E-state index is 6.36. The molecule has 0 radical (unpaired) electrons. The summed E-state index contributed by atoms with van der Waals surface area (Å²) in [5.74, 6) is 1.46. The van der Waals surface area contributed by atoms with E-state index in [9.17, 15) is 0 Å². The molecule has 3 aromatic rings. The fourth-order valence-electron chi connectivity index (χ4n) is 2.05. The summed E-state index contributed by atoms with van der Waals surface area (Å²) in [7, 11) is 0. The van der Waals surface area contributed by atoms with Crippen LogP contribution in [0.2, 0.25) is 5.15 Å². The minimum absolute atomic E-state index is 0.541. The molecular formula is C13H9ClN2S2. The van der Waals surface area contributed by atoms with Gasteiger partial charge in [0.2, 0.25) is 0 Å². The number of aromatic nitrogens is 2. The van der Waals surface area contributed by atoms with Crippen LogP contribution in [-0.4, -0.2) is 9.97 Å². The highest BCUT2D eigenvalue weighted by Gasteiger charge is 2.28. The van der Waals surface area contributed by atoms with Gasteiger partial charge in [0.25, 0.3) is 0 Å². The van der Waals surface area contributed by atoms with Crippen LogP contribution >= 0.6 is 34.3 Å². The van der Waals surface area contributed by atoms with E-state index in [0.29, 0.717) is 11.1 Å². The Morgan fingerprint density at radius 3 is 2.83 bits per heavy atom. The van der Waals surface area contributed by atoms with Gasteiger partial charge >= 0.3 is 0 Å². The summed E-state index contributed by atoms with van der Waals surface area (Å²) < 4.78 is 0. The molecule has 0 spiro atoms. The zero-order valence-corrected chi connectivity index (χ0v) is 11.8. The van der Waals surface area contributed by atoms with Gasteiger partial charge < -0.3 is 0 Å². The van der Waals surface area contributed by atoms with E-state index in [4.69, 9.17) is 11.6 Å². The zero-order valence-electron chi connectivity index (χ0n) is 9.39. The van der Waals surface area contributed by atoms with Crippen molar-refractivity contribution in [3.8, 4) is 10.4 Å². The third-order valence-electron chi connectivity index (χ3n) is 3.14. The Hall–Kier alpha value is -0.970. The van der Waals surface area contributed by atoms with E-state index in [1.807, 2.05) is 0 Å². The molecular weight excluding hydrogens is 284 g/mol. The summed E-state index contributed by atoms with van der Waals surface area (Å²) in [5.41, 5.74) is 1.16. The van der Waals surface area contributed by atoms with Crippen molar-refractivity contribution in [3.05, 3.63) is 33.9 Å². The molecule has 1 aliphatic rings. The summed E-state index contributed by atoms with van der Waals surface area (Å²) in [4.78, 5) is 11.4. The van der Waals surface area contributed by atoms with Crippen LogP contribution in [0.15, 0.2) is 22.9 Å². The van der Waals surface area contributed by atoms with Crippen LogP contribution in [0.1, 0.15) is 24.6 Å². The van der Waals surface area contributed by atoms with Gasteiger partial charge in [0, 0.05) is 21.7 Å². The number of fused-ring (bicyclic) bond motifs is 1. The van der Waals surface area contributed by atoms with Crippen molar-refractivity contribution in [1.82, 2.24) is 9.97 Å². The molecule has 4 rings (SSSR count). The van der Waals surface area contributed by atoms with Gasteiger partial charge in [-0.05, 0) is 24.3 Å². The molecule has 18 heavy (non-hydrogen) atoms. The van der Waals surface area contributed by atoms with E-state index in [-0.39, 0.29) is 0 Å². The fraction of sp³-hybridized carbons (Fsp3) is 0.231. The number of halogens is 1. The molecule has 3 aromatic heterocycles. The Kier molecular flexibility index (Phi) is 2.43. The lowest BCUT2D eigenvalue weighted by Crippen LogP contribution is -1.92. The molecule has 0 N–H and O–H groups in total. The Balaban J connectivity index is 1.96. The van der Waals surface area contributed by atoms with Gasteiger partial charge in [0.05, 0.1) is 5.39 Å². The van der Waals surface area contributed by atoms with Crippen LogP contribution < -0.4 is 0 Å². The Morgan fingerprint density at radius 2 is 2.11 bits per heavy atom. The van der Waals surface area contributed by atoms with E-state index in [1.54, 1.807) is 22.7 Å². The minimum atomic E-state index is 0.541. The average molecular weight is 293 g/mol. The Morgan fingerprint density at radius 1 is 1.22 bits per heavy atom. The summed E-state index contributed by atoms with van der Waals surface area (Å²) in [6, 6.07) is 4.16. The van der Waals surface area contributed by atoms with Crippen molar-refractivity contribution in [2.75, 3.05) is 0 Å². The molecule has 0 unspecified atom stereocenters. The van der Waals surface area contributed by atoms with Gasteiger partial charge in [-0.2, -0.15) is 0 Å². The van der Waals surface area contributed by atoms with E-state index in [2.05, 4.69) is 32.9 Å². The largest absolute Gasteiger partial charge is 0.222 e. The highest BCUT2D eigenvalue weighted by Crippen LogP contribution is 2.43. The van der Waals surface area contributed by atoms with Crippen LogP contribution in [0, 0.1) is 0 Å². The van der Waals surface area contributed by atoms with Crippen LogP contribution in [0.3, 0.4) is 0 Å². The predicted octanol–water partition coefficient (Wildman–Crippen LogP) is 4.95. The van der Waals surface area contributed by atoms with Crippen LogP contribution in [-0.2, 0) is 0 Å². The highest BCUT2D eigenvalue weighted by molar-refractivity contribution is 7.18. The van der Waals surface area contributed by atoms with Crippen LogP contribution in [0.5, 0.6) is 0 Å². The summed E-state index contributed by atoms with van der Waals surface area (Å²) in [6.07, 6.45) is 2.40. The van der Waals surface area contributed by atoms with Crippen molar-refractivity contribution < 1.29 is 0 Å². The first-order valence-electron chi connectivity index (χ1n) is 5.81. The molecule has 0 amide bonds. The summed E-state index contributed by atoms with van der Waals surface area (Å²) in [5, 5.41) is 5.82. The Bertz CT molecular complexity index is 714. The molecule has 1 fully saturated rings. The molecule has 0 aromatic carbocycles. The second-order valence-electron chi connectivity index (χ2n) is 4.45. The lowest BCUT2D eigenvalue weighted by molar-refractivity contribution is 0.951. The average Bonchev–Trinajstić information content (AvgIpc) is 2.90. The lowest BCUT2D eigenvalue weighted by atomic mass is 10.2. The third kappa shape index (κ3) is 1.67. The molecule has 0 saturated heterocycles. The molecule has 3 heterocycles. The van der Waals surface area contributed by atoms with Gasteiger partial charge in [0.1, 0.15) is 15.8 Å². The number of hydrogen-bond acceptors (Lipinski definition) is 4. The number of thiophene rings is 2. The molecule has 90 valence electrons. The van der Waals surface area contributed by atoms with Gasteiger partial charge in [-0.25, -0.2) is 9.97 Å². The molecule has 1 saturated carbocycles. The second-order valence-corrected chi connectivity index (χ2v) is 6.62. The smallest absolute Gasteiger partial charge is 0.142 e. The van der Waals surface area contributed by atoms with E-state index >= 15 is 0 Å². The van der Waals surface area contributed by atoms with Crippen molar-refractivity contribution in [3.63, 3.8) is 0 Å². The highest BCUT2D eigenvalue weighted by atomic mass is 35.5. The monoisotopic (exact) mass is 292 g/mol. The van der Waals surface area contributed by atoms with Crippen LogP contribution in [0.25, 0.3) is 20.7 Å². The number of nitrogens with zero attached hydrogens (tertiary/aromatic N) is 2. The molecule has 1 aliphatic carbocycles. The standard InChI is InChI=1S/C13H9ClN2S2/c14-11-10-8(9-2-1-5-17-9)6-18-13(10)16-12(15-11)7-3-4-7/h1-2,5-7H,3-4H2. The molecule has 0 atom stereocenters. The lowest BCUT2D eigenvalue weighted by Gasteiger charge is -2.01. The number of hydrogen-bond donors (Lipinski definition) is 0. The van der Waals surface area contributed by atoms with Crippen molar-refractivity contribution >= 4 is 44.5 Å². The minimum Gasteiger partial charge on any atom is -0.222 e. The first-order valence-corrected chi connectivity index (χ1v) is 7.95. The Labute approximate surface area is 117 Å². The quantitative estimate of drug-likeness (QED) is 0.625. The second kappa shape index (κ2) is 4.02. The molecule has 5 heteroatoms. The fourth-order valence-corrected chi connectivity index (χ4v) is 4.15. The molecule has 2 nitrogen and oxygen atoms in total. The normalized spacial score (nSPS) is 15.4.